The second-order valence-corrected chi connectivity index (χ2v) is 9.14. The summed E-state index contributed by atoms with van der Waals surface area (Å²) in [5.41, 5.74) is 7.69. The first-order valence-corrected chi connectivity index (χ1v) is 11.5. The molecule has 0 unspecified atom stereocenters. The zero-order chi connectivity index (χ0) is 23.3. The van der Waals surface area contributed by atoms with E-state index in [1.807, 2.05) is 43.3 Å². The number of nitrogens with zero attached hydrogens (tertiary/aromatic N) is 1. The highest BCUT2D eigenvalue weighted by molar-refractivity contribution is 5.85. The number of hydrogen-bond acceptors (Lipinski definition) is 4. The lowest BCUT2D eigenvalue weighted by molar-refractivity contribution is -0.155. The molecule has 4 rings (SSSR count). The maximum atomic E-state index is 13.5. The van der Waals surface area contributed by atoms with Gasteiger partial charge in [0, 0.05) is 13.1 Å². The van der Waals surface area contributed by atoms with Crippen LogP contribution in [0.3, 0.4) is 0 Å². The van der Waals surface area contributed by atoms with Gasteiger partial charge in [-0.25, -0.2) is 0 Å². The van der Waals surface area contributed by atoms with E-state index in [2.05, 4.69) is 60.7 Å². The van der Waals surface area contributed by atoms with Crippen molar-refractivity contribution in [3.63, 3.8) is 0 Å². The minimum Gasteiger partial charge on any atom is -0.464 e. The molecule has 0 bridgehead atoms. The topological polar surface area (TPSA) is 55.6 Å². The highest BCUT2D eigenvalue weighted by Crippen LogP contribution is 2.31. The summed E-state index contributed by atoms with van der Waals surface area (Å²) in [6.45, 7) is 1.24. The number of carbonyl (C=O) groups is 1. The SMILES string of the molecule is CN(C)CCOC(=O)C(CN)(Cc1ccc2ccccc2c1)Cc1ccc2ccccc2c1. The van der Waals surface area contributed by atoms with Crippen LogP contribution < -0.4 is 5.73 Å². The Hall–Kier alpha value is -3.21. The van der Waals surface area contributed by atoms with Crippen LogP contribution in [-0.4, -0.2) is 44.7 Å². The van der Waals surface area contributed by atoms with Gasteiger partial charge < -0.3 is 15.4 Å². The molecule has 170 valence electrons. The number of carbonyl (C=O) groups excluding carboxylic acids is 1. The average molecular weight is 441 g/mol. The smallest absolute Gasteiger partial charge is 0.314 e. The fourth-order valence-corrected chi connectivity index (χ4v) is 4.39. The molecule has 4 nitrogen and oxygen atoms in total. The van der Waals surface area contributed by atoms with Gasteiger partial charge in [-0.15, -0.1) is 0 Å². The number of hydrogen-bond donors (Lipinski definition) is 1. The Bertz CT molecular complexity index is 1170. The van der Waals surface area contributed by atoms with Crippen LogP contribution in [0.15, 0.2) is 84.9 Å². The predicted molar refractivity (Wildman–Crippen MR) is 136 cm³/mol. The molecule has 2 N–H and O–H groups in total. The monoisotopic (exact) mass is 440 g/mol. The first-order chi connectivity index (χ1) is 16.0. The van der Waals surface area contributed by atoms with Crippen molar-refractivity contribution in [1.29, 1.82) is 0 Å². The summed E-state index contributed by atoms with van der Waals surface area (Å²) in [5, 5.41) is 4.69. The number of benzene rings is 4. The molecular formula is C29H32N2O2. The molecule has 0 fully saturated rings. The zero-order valence-electron chi connectivity index (χ0n) is 19.5. The second kappa shape index (κ2) is 10.2. The Morgan fingerprint density at radius 1 is 0.788 bits per heavy atom. The Morgan fingerprint density at radius 2 is 1.27 bits per heavy atom. The fourth-order valence-electron chi connectivity index (χ4n) is 4.39. The molecule has 4 aromatic rings. The Labute approximate surface area is 196 Å². The summed E-state index contributed by atoms with van der Waals surface area (Å²) in [6, 6.07) is 29.3. The van der Waals surface area contributed by atoms with Gasteiger partial charge in [-0.3, -0.25) is 4.79 Å². The summed E-state index contributed by atoms with van der Waals surface area (Å²) in [5.74, 6) is -0.229. The average Bonchev–Trinajstić information content (AvgIpc) is 2.83. The third-order valence-corrected chi connectivity index (χ3v) is 6.31. The van der Waals surface area contributed by atoms with Crippen LogP contribution in [0.4, 0.5) is 0 Å². The summed E-state index contributed by atoms with van der Waals surface area (Å²) in [7, 11) is 3.93. The highest BCUT2D eigenvalue weighted by atomic mass is 16.5. The number of esters is 1. The van der Waals surface area contributed by atoms with E-state index >= 15 is 0 Å². The zero-order valence-corrected chi connectivity index (χ0v) is 19.5. The molecule has 0 radical (unpaired) electrons. The van der Waals surface area contributed by atoms with Crippen molar-refractivity contribution in [2.45, 2.75) is 12.8 Å². The van der Waals surface area contributed by atoms with Gasteiger partial charge in [-0.2, -0.15) is 0 Å². The lowest BCUT2D eigenvalue weighted by Crippen LogP contribution is -2.44. The summed E-state index contributed by atoms with van der Waals surface area (Å²) in [4.78, 5) is 15.5. The van der Waals surface area contributed by atoms with Gasteiger partial charge in [0.2, 0.25) is 0 Å². The van der Waals surface area contributed by atoms with Crippen molar-refractivity contribution < 1.29 is 9.53 Å². The molecule has 0 aliphatic rings. The molecule has 4 aromatic carbocycles. The molecule has 0 amide bonds. The van der Waals surface area contributed by atoms with Gasteiger partial charge in [0.25, 0.3) is 0 Å². The molecule has 0 aliphatic carbocycles. The largest absolute Gasteiger partial charge is 0.464 e. The van der Waals surface area contributed by atoms with Crippen molar-refractivity contribution in [2.24, 2.45) is 11.1 Å². The van der Waals surface area contributed by atoms with E-state index in [0.29, 0.717) is 26.0 Å². The minimum atomic E-state index is -0.836. The predicted octanol–water partition coefficient (Wildman–Crippen LogP) is 4.83. The summed E-state index contributed by atoms with van der Waals surface area (Å²) < 4.78 is 5.77. The van der Waals surface area contributed by atoms with Gasteiger partial charge in [0.1, 0.15) is 6.61 Å². The van der Waals surface area contributed by atoms with E-state index < -0.39 is 5.41 Å². The van der Waals surface area contributed by atoms with Gasteiger partial charge in [0.05, 0.1) is 5.41 Å². The normalized spacial score (nSPS) is 11.9. The maximum Gasteiger partial charge on any atom is 0.314 e. The molecule has 33 heavy (non-hydrogen) atoms. The van der Waals surface area contributed by atoms with Crippen LogP contribution in [0, 0.1) is 5.41 Å². The first kappa shape index (κ1) is 23.0. The van der Waals surface area contributed by atoms with E-state index in [1.54, 1.807) is 0 Å². The highest BCUT2D eigenvalue weighted by Gasteiger charge is 2.39. The Morgan fingerprint density at radius 3 is 1.73 bits per heavy atom. The Kier molecular flexibility index (Phi) is 7.07. The molecule has 0 saturated carbocycles. The standard InChI is InChI=1S/C29H32N2O2/c1-31(2)15-16-33-28(32)29(21-30,19-22-11-13-24-7-3-5-9-26(24)17-22)20-23-12-14-25-8-4-6-10-27(25)18-23/h3-14,17-18H,15-16,19-21,30H2,1-2H3. The summed E-state index contributed by atoms with van der Waals surface area (Å²) >= 11 is 0. The van der Waals surface area contributed by atoms with Gasteiger partial charge in [-0.1, -0.05) is 84.9 Å². The summed E-state index contributed by atoms with van der Waals surface area (Å²) in [6.07, 6.45) is 1.06. The van der Waals surface area contributed by atoms with E-state index in [4.69, 9.17) is 10.5 Å². The molecular weight excluding hydrogens is 408 g/mol. The number of ether oxygens (including phenoxy) is 1. The van der Waals surface area contributed by atoms with Crippen LogP contribution in [0.2, 0.25) is 0 Å². The van der Waals surface area contributed by atoms with E-state index in [-0.39, 0.29) is 12.5 Å². The van der Waals surface area contributed by atoms with Crippen LogP contribution >= 0.6 is 0 Å². The lowest BCUT2D eigenvalue weighted by Gasteiger charge is -2.31. The van der Waals surface area contributed by atoms with Crippen LogP contribution in [0.1, 0.15) is 11.1 Å². The molecule has 0 aromatic heterocycles. The third-order valence-electron chi connectivity index (χ3n) is 6.31. The molecule has 0 aliphatic heterocycles. The van der Waals surface area contributed by atoms with Crippen molar-refractivity contribution in [3.05, 3.63) is 96.1 Å². The number of fused-ring (bicyclic) bond motifs is 2. The van der Waals surface area contributed by atoms with Crippen molar-refractivity contribution >= 4 is 27.5 Å². The molecule has 0 saturated heterocycles. The van der Waals surface area contributed by atoms with Gasteiger partial charge >= 0.3 is 5.97 Å². The molecule has 4 heteroatoms. The van der Waals surface area contributed by atoms with Crippen LogP contribution in [0.5, 0.6) is 0 Å². The van der Waals surface area contributed by atoms with Crippen LogP contribution in [-0.2, 0) is 22.4 Å². The van der Waals surface area contributed by atoms with Crippen LogP contribution in [0.25, 0.3) is 21.5 Å². The lowest BCUT2D eigenvalue weighted by atomic mass is 9.76. The molecule has 0 spiro atoms. The van der Waals surface area contributed by atoms with Gasteiger partial charge in [0.15, 0.2) is 0 Å². The van der Waals surface area contributed by atoms with E-state index in [1.165, 1.54) is 10.8 Å². The molecule has 0 heterocycles. The number of likely N-dealkylation sites (N-methyl/N-ethyl adjacent to an activating group) is 1. The fraction of sp³-hybridized carbons (Fsp3) is 0.276. The minimum absolute atomic E-state index is 0.216. The van der Waals surface area contributed by atoms with Crippen molar-refractivity contribution in [3.8, 4) is 0 Å². The number of rotatable bonds is 9. The van der Waals surface area contributed by atoms with Crippen molar-refractivity contribution in [1.82, 2.24) is 4.90 Å². The molecule has 0 atom stereocenters. The van der Waals surface area contributed by atoms with Crippen molar-refractivity contribution in [2.75, 3.05) is 33.8 Å². The maximum absolute atomic E-state index is 13.5. The first-order valence-electron chi connectivity index (χ1n) is 11.5. The third kappa shape index (κ3) is 5.41. The number of nitrogens with two attached hydrogens (primary N) is 1. The van der Waals surface area contributed by atoms with Gasteiger partial charge in [-0.05, 0) is 59.6 Å². The van der Waals surface area contributed by atoms with E-state index in [0.717, 1.165) is 21.9 Å². The quantitative estimate of drug-likeness (QED) is 0.379. The van der Waals surface area contributed by atoms with E-state index in [9.17, 15) is 4.79 Å². The second-order valence-electron chi connectivity index (χ2n) is 9.14. The Balaban J connectivity index is 1.67.